The first-order valence-electron chi connectivity index (χ1n) is 6.02. The molecule has 0 spiro atoms. The van der Waals surface area contributed by atoms with Crippen LogP contribution in [0, 0.1) is 5.92 Å². The number of nitrogens with one attached hydrogen (secondary N) is 1. The van der Waals surface area contributed by atoms with Gasteiger partial charge in [-0.05, 0) is 24.8 Å². The maximum Gasteiger partial charge on any atom is 0.0325 e. The summed E-state index contributed by atoms with van der Waals surface area (Å²) in [6, 6.07) is 11.1. The molecule has 0 fully saturated rings. The van der Waals surface area contributed by atoms with E-state index in [9.17, 15) is 0 Å². The van der Waals surface area contributed by atoms with E-state index in [-0.39, 0.29) is 0 Å². The minimum Gasteiger partial charge on any atom is -0.306 e. The van der Waals surface area contributed by atoms with Crippen LogP contribution in [-0.2, 0) is 0 Å². The normalized spacial score (nSPS) is 12.8. The van der Waals surface area contributed by atoms with Gasteiger partial charge in [-0.1, -0.05) is 56.3 Å². The van der Waals surface area contributed by atoms with Crippen molar-refractivity contribution < 1.29 is 0 Å². The van der Waals surface area contributed by atoms with Crippen LogP contribution in [0.2, 0.25) is 0 Å². The van der Waals surface area contributed by atoms with Gasteiger partial charge in [-0.25, -0.2) is 0 Å². The van der Waals surface area contributed by atoms with E-state index in [1.807, 2.05) is 0 Å². The van der Waals surface area contributed by atoms with Crippen molar-refractivity contribution in [3.8, 4) is 0 Å². The van der Waals surface area contributed by atoms with Crippen molar-refractivity contribution in [3.05, 3.63) is 48.0 Å². The van der Waals surface area contributed by atoms with E-state index in [0.717, 1.165) is 13.0 Å². The molecule has 88 valence electrons. The minimum absolute atomic E-state index is 0.442. The average Bonchev–Trinajstić information content (AvgIpc) is 2.25. The zero-order valence-corrected chi connectivity index (χ0v) is 10.7. The summed E-state index contributed by atoms with van der Waals surface area (Å²) in [6.07, 6.45) is 1.16. The Morgan fingerprint density at radius 3 is 2.38 bits per heavy atom. The first kappa shape index (κ1) is 13.0. The summed E-state index contributed by atoms with van der Waals surface area (Å²) in [5.41, 5.74) is 2.56. The van der Waals surface area contributed by atoms with E-state index in [0.29, 0.717) is 12.0 Å². The highest BCUT2D eigenvalue weighted by molar-refractivity contribution is 5.19. The predicted molar refractivity (Wildman–Crippen MR) is 71.5 cm³/mol. The molecule has 1 N–H and O–H groups in total. The van der Waals surface area contributed by atoms with Gasteiger partial charge in [-0.15, -0.1) is 0 Å². The maximum absolute atomic E-state index is 3.94. The van der Waals surface area contributed by atoms with Crippen molar-refractivity contribution in [2.24, 2.45) is 5.92 Å². The Kier molecular flexibility index (Phi) is 5.27. The zero-order valence-electron chi connectivity index (χ0n) is 10.7. The van der Waals surface area contributed by atoms with Crippen LogP contribution in [0.1, 0.15) is 38.8 Å². The van der Waals surface area contributed by atoms with Crippen LogP contribution >= 0.6 is 0 Å². The molecule has 1 aromatic carbocycles. The molecule has 0 radical (unpaired) electrons. The summed E-state index contributed by atoms with van der Waals surface area (Å²) in [7, 11) is 0. The number of hydrogen-bond donors (Lipinski definition) is 1. The molecule has 1 aromatic rings. The zero-order chi connectivity index (χ0) is 12.0. The molecule has 1 atom stereocenters. The smallest absolute Gasteiger partial charge is 0.0325 e. The second-order valence-electron chi connectivity index (χ2n) is 4.93. The molecule has 0 heterocycles. The summed E-state index contributed by atoms with van der Waals surface area (Å²) in [5.74, 6) is 0.697. The lowest BCUT2D eigenvalue weighted by atomic mass is 9.97. The monoisotopic (exact) mass is 217 g/mol. The van der Waals surface area contributed by atoms with Crippen LogP contribution < -0.4 is 5.32 Å². The molecular weight excluding hydrogens is 194 g/mol. The number of benzene rings is 1. The van der Waals surface area contributed by atoms with Crippen molar-refractivity contribution in [2.75, 3.05) is 6.54 Å². The van der Waals surface area contributed by atoms with Gasteiger partial charge in [0.2, 0.25) is 0 Å². The van der Waals surface area contributed by atoms with Crippen molar-refractivity contribution in [1.82, 2.24) is 5.32 Å². The van der Waals surface area contributed by atoms with E-state index in [2.05, 4.69) is 63.0 Å². The predicted octanol–water partition coefficient (Wildman–Crippen LogP) is 3.94. The molecular formula is C15H23N. The molecule has 0 aliphatic rings. The summed E-state index contributed by atoms with van der Waals surface area (Å²) in [5, 5.41) is 3.57. The Morgan fingerprint density at radius 1 is 1.25 bits per heavy atom. The van der Waals surface area contributed by atoms with Gasteiger partial charge in [0.05, 0.1) is 0 Å². The van der Waals surface area contributed by atoms with Crippen LogP contribution in [0.25, 0.3) is 0 Å². The second-order valence-corrected chi connectivity index (χ2v) is 4.93. The van der Waals surface area contributed by atoms with Gasteiger partial charge in [-0.2, -0.15) is 0 Å². The lowest BCUT2D eigenvalue weighted by Gasteiger charge is -2.21. The van der Waals surface area contributed by atoms with E-state index in [4.69, 9.17) is 0 Å². The maximum atomic E-state index is 3.94. The summed E-state index contributed by atoms with van der Waals surface area (Å²) in [6.45, 7) is 11.4. The standard InChI is InChI=1S/C15H23N/c1-12(2)10-15(16-11-13(3)4)14-8-6-5-7-9-14/h5-9,12,15-16H,3,10-11H2,1-2,4H3. The fraction of sp³-hybridized carbons (Fsp3) is 0.467. The van der Waals surface area contributed by atoms with Crippen molar-refractivity contribution in [3.63, 3.8) is 0 Å². The van der Waals surface area contributed by atoms with Crippen LogP contribution in [0.3, 0.4) is 0 Å². The summed E-state index contributed by atoms with van der Waals surface area (Å²) >= 11 is 0. The van der Waals surface area contributed by atoms with Gasteiger partial charge in [-0.3, -0.25) is 0 Å². The summed E-state index contributed by atoms with van der Waals surface area (Å²) < 4.78 is 0. The largest absolute Gasteiger partial charge is 0.306 e. The van der Waals surface area contributed by atoms with Gasteiger partial charge >= 0.3 is 0 Å². The van der Waals surface area contributed by atoms with Gasteiger partial charge in [0.15, 0.2) is 0 Å². The number of rotatable bonds is 6. The van der Waals surface area contributed by atoms with E-state index < -0.39 is 0 Å². The van der Waals surface area contributed by atoms with Crippen molar-refractivity contribution in [2.45, 2.75) is 33.2 Å². The Labute approximate surface area is 99.6 Å². The molecule has 0 amide bonds. The fourth-order valence-corrected chi connectivity index (χ4v) is 1.79. The highest BCUT2D eigenvalue weighted by atomic mass is 14.9. The van der Waals surface area contributed by atoms with Crippen molar-refractivity contribution in [1.29, 1.82) is 0 Å². The molecule has 1 rings (SSSR count). The van der Waals surface area contributed by atoms with Gasteiger partial charge in [0, 0.05) is 12.6 Å². The lowest BCUT2D eigenvalue weighted by Crippen LogP contribution is -2.24. The fourth-order valence-electron chi connectivity index (χ4n) is 1.79. The molecule has 0 saturated carbocycles. The van der Waals surface area contributed by atoms with E-state index >= 15 is 0 Å². The first-order chi connectivity index (χ1) is 7.59. The molecule has 0 saturated heterocycles. The minimum atomic E-state index is 0.442. The van der Waals surface area contributed by atoms with Crippen LogP contribution in [0.4, 0.5) is 0 Å². The number of hydrogen-bond acceptors (Lipinski definition) is 1. The highest BCUT2D eigenvalue weighted by Gasteiger charge is 2.11. The van der Waals surface area contributed by atoms with E-state index in [1.165, 1.54) is 11.1 Å². The molecule has 0 aliphatic heterocycles. The second kappa shape index (κ2) is 6.49. The van der Waals surface area contributed by atoms with Gasteiger partial charge < -0.3 is 5.32 Å². The third kappa shape index (κ3) is 4.63. The Bertz CT molecular complexity index is 313. The van der Waals surface area contributed by atoms with Crippen molar-refractivity contribution >= 4 is 0 Å². The van der Waals surface area contributed by atoms with Gasteiger partial charge in [0.1, 0.15) is 0 Å². The third-order valence-electron chi connectivity index (χ3n) is 2.56. The third-order valence-corrected chi connectivity index (χ3v) is 2.56. The van der Waals surface area contributed by atoms with Crippen LogP contribution in [0.15, 0.2) is 42.5 Å². The average molecular weight is 217 g/mol. The molecule has 1 heteroatoms. The Hall–Kier alpha value is -1.08. The Balaban J connectivity index is 2.67. The van der Waals surface area contributed by atoms with Crippen LogP contribution in [-0.4, -0.2) is 6.54 Å². The first-order valence-corrected chi connectivity index (χ1v) is 6.02. The molecule has 1 unspecified atom stereocenters. The summed E-state index contributed by atoms with van der Waals surface area (Å²) in [4.78, 5) is 0. The Morgan fingerprint density at radius 2 is 1.88 bits per heavy atom. The highest BCUT2D eigenvalue weighted by Crippen LogP contribution is 2.20. The molecule has 0 aliphatic carbocycles. The lowest BCUT2D eigenvalue weighted by molar-refractivity contribution is 0.442. The quantitative estimate of drug-likeness (QED) is 0.712. The topological polar surface area (TPSA) is 12.0 Å². The van der Waals surface area contributed by atoms with Gasteiger partial charge in [0.25, 0.3) is 0 Å². The SMILES string of the molecule is C=C(C)CNC(CC(C)C)c1ccccc1. The molecule has 0 bridgehead atoms. The van der Waals surface area contributed by atoms with E-state index in [1.54, 1.807) is 0 Å². The van der Waals surface area contributed by atoms with Crippen LogP contribution in [0.5, 0.6) is 0 Å². The molecule has 0 aromatic heterocycles. The molecule has 16 heavy (non-hydrogen) atoms. The molecule has 1 nitrogen and oxygen atoms in total.